The molecule has 4 aromatic rings. The molecule has 2 aliphatic rings. The second-order valence-electron chi connectivity index (χ2n) is 8.75. The van der Waals surface area contributed by atoms with Crippen LogP contribution < -0.4 is 15.4 Å². The van der Waals surface area contributed by atoms with Crippen LogP contribution in [0.15, 0.2) is 60.9 Å². The van der Waals surface area contributed by atoms with Gasteiger partial charge in [-0.2, -0.15) is 13.9 Å². The van der Waals surface area contributed by atoms with E-state index in [4.69, 9.17) is 16.3 Å². The van der Waals surface area contributed by atoms with Gasteiger partial charge in [-0.3, -0.25) is 4.79 Å². The van der Waals surface area contributed by atoms with Gasteiger partial charge >= 0.3 is 6.55 Å². The van der Waals surface area contributed by atoms with Crippen LogP contribution in [0, 0.1) is 5.82 Å². The highest BCUT2D eigenvalue weighted by molar-refractivity contribution is 6.31. The highest BCUT2D eigenvalue weighted by Crippen LogP contribution is 2.43. The van der Waals surface area contributed by atoms with Crippen molar-refractivity contribution in [1.29, 1.82) is 0 Å². The average molecular weight is 526 g/mol. The quantitative estimate of drug-likeness (QED) is 0.339. The Labute approximate surface area is 214 Å². The molecule has 1 amide bonds. The molecular formula is C26H19ClF3N5O2. The first kappa shape index (κ1) is 23.4. The molecule has 2 aliphatic heterocycles. The van der Waals surface area contributed by atoms with Crippen LogP contribution in [-0.4, -0.2) is 27.3 Å². The number of nitrogens with one attached hydrogen (secondary N) is 2. The van der Waals surface area contributed by atoms with Crippen molar-refractivity contribution in [3.8, 4) is 17.0 Å². The Hall–Kier alpha value is -4.05. The van der Waals surface area contributed by atoms with Crippen LogP contribution in [0.25, 0.3) is 11.3 Å². The van der Waals surface area contributed by atoms with E-state index in [1.807, 2.05) is 24.3 Å². The van der Waals surface area contributed by atoms with Crippen molar-refractivity contribution in [2.45, 2.75) is 25.1 Å². The zero-order chi connectivity index (χ0) is 25.7. The number of hydrogen-bond acceptors (Lipinski definition) is 5. The van der Waals surface area contributed by atoms with E-state index >= 15 is 0 Å². The molecule has 0 bridgehead atoms. The Kier molecular flexibility index (Phi) is 5.75. The van der Waals surface area contributed by atoms with Crippen molar-refractivity contribution in [2.24, 2.45) is 0 Å². The van der Waals surface area contributed by atoms with Gasteiger partial charge < -0.3 is 15.4 Å². The van der Waals surface area contributed by atoms with Crippen molar-refractivity contribution >= 4 is 23.2 Å². The van der Waals surface area contributed by atoms with Crippen molar-refractivity contribution in [1.82, 2.24) is 20.1 Å². The van der Waals surface area contributed by atoms with Crippen molar-refractivity contribution in [3.05, 3.63) is 94.1 Å². The zero-order valence-corrected chi connectivity index (χ0v) is 19.8. The minimum absolute atomic E-state index is 0.0930. The van der Waals surface area contributed by atoms with Crippen LogP contribution in [0.1, 0.15) is 52.2 Å². The van der Waals surface area contributed by atoms with Crippen LogP contribution in [0.4, 0.5) is 18.9 Å². The number of ether oxygens (including phenoxy) is 1. The molecule has 0 saturated carbocycles. The number of alkyl halides is 2. The molecule has 37 heavy (non-hydrogen) atoms. The molecule has 188 valence electrons. The summed E-state index contributed by atoms with van der Waals surface area (Å²) in [4.78, 5) is 17.6. The SMILES string of the molecule is O=C1N[C@@H](c2cc(F)ccc2Cl)c2c(N[C@H]3CCOc4ccccc43)cc(-c3cnn(C(F)F)c3)nc21. The smallest absolute Gasteiger partial charge is 0.333 e. The monoisotopic (exact) mass is 525 g/mol. The van der Waals surface area contributed by atoms with Gasteiger partial charge in [-0.05, 0) is 30.3 Å². The number of fused-ring (bicyclic) bond motifs is 2. The molecule has 2 aromatic carbocycles. The fraction of sp³-hybridized carbons (Fsp3) is 0.192. The Morgan fingerprint density at radius 3 is 2.81 bits per heavy atom. The Balaban J connectivity index is 1.51. The molecule has 0 fully saturated rings. The van der Waals surface area contributed by atoms with E-state index in [9.17, 15) is 18.0 Å². The van der Waals surface area contributed by atoms with Gasteiger partial charge in [-0.15, -0.1) is 0 Å². The van der Waals surface area contributed by atoms with Gasteiger partial charge in [-0.25, -0.2) is 14.1 Å². The van der Waals surface area contributed by atoms with Crippen LogP contribution in [-0.2, 0) is 0 Å². The van der Waals surface area contributed by atoms with Crippen LogP contribution in [0.3, 0.4) is 0 Å². The molecule has 0 spiro atoms. The summed E-state index contributed by atoms with van der Waals surface area (Å²) in [7, 11) is 0. The number of amides is 1. The second-order valence-corrected chi connectivity index (χ2v) is 9.16. The Bertz CT molecular complexity index is 1530. The second kappa shape index (κ2) is 9.11. The Morgan fingerprint density at radius 2 is 2.00 bits per heavy atom. The number of anilines is 1. The van der Waals surface area contributed by atoms with Gasteiger partial charge in [0.15, 0.2) is 0 Å². The summed E-state index contributed by atoms with van der Waals surface area (Å²) >= 11 is 6.40. The minimum atomic E-state index is -2.82. The summed E-state index contributed by atoms with van der Waals surface area (Å²) in [6.45, 7) is -2.34. The topological polar surface area (TPSA) is 81.1 Å². The van der Waals surface area contributed by atoms with E-state index in [-0.39, 0.29) is 22.5 Å². The maximum atomic E-state index is 14.2. The summed E-state index contributed by atoms with van der Waals surface area (Å²) in [5.41, 5.74) is 3.04. The average Bonchev–Trinajstić information content (AvgIpc) is 3.52. The number of rotatable bonds is 5. The molecule has 2 aromatic heterocycles. The lowest BCUT2D eigenvalue weighted by Gasteiger charge is -2.29. The van der Waals surface area contributed by atoms with E-state index in [2.05, 4.69) is 20.7 Å². The molecule has 6 rings (SSSR count). The lowest BCUT2D eigenvalue weighted by Crippen LogP contribution is -2.22. The predicted octanol–water partition coefficient (Wildman–Crippen LogP) is 5.90. The van der Waals surface area contributed by atoms with Crippen LogP contribution in [0.2, 0.25) is 5.02 Å². The fourth-order valence-electron chi connectivity index (χ4n) is 4.79. The van der Waals surface area contributed by atoms with Gasteiger partial charge in [0.05, 0.1) is 30.6 Å². The molecule has 0 aliphatic carbocycles. The molecule has 0 saturated heterocycles. The summed E-state index contributed by atoms with van der Waals surface area (Å²) in [6, 6.07) is 12.3. The maximum Gasteiger partial charge on any atom is 0.333 e. The number of nitrogens with zero attached hydrogens (tertiary/aromatic N) is 3. The standard InChI is InChI=1S/C26H19ClF3N5O2/c27-17-6-5-14(28)9-16(17)23-22-20(32-18-7-8-37-21-4-2-1-3-15(18)21)10-19(33-24(22)25(36)34-23)13-11-31-35(12-13)26(29)30/h1-6,9-12,18,23,26H,7-8H2,(H,32,33)(H,34,36)/t18-,23-/m0/s1. The van der Waals surface area contributed by atoms with Gasteiger partial charge in [0.1, 0.15) is 17.3 Å². The number of carbonyl (C=O) groups excluding carboxylic acids is 1. The van der Waals surface area contributed by atoms with Gasteiger partial charge in [0.25, 0.3) is 5.91 Å². The number of para-hydroxylation sites is 1. The summed E-state index contributed by atoms with van der Waals surface area (Å²) in [5.74, 6) is -0.243. The van der Waals surface area contributed by atoms with Crippen molar-refractivity contribution < 1.29 is 22.7 Å². The molecular weight excluding hydrogens is 507 g/mol. The van der Waals surface area contributed by atoms with E-state index in [0.29, 0.717) is 40.1 Å². The first-order chi connectivity index (χ1) is 17.9. The summed E-state index contributed by atoms with van der Waals surface area (Å²) in [6.07, 6.45) is 3.07. The largest absolute Gasteiger partial charge is 0.493 e. The highest BCUT2D eigenvalue weighted by Gasteiger charge is 2.37. The Morgan fingerprint density at radius 1 is 1.16 bits per heavy atom. The lowest BCUT2D eigenvalue weighted by atomic mass is 9.95. The minimum Gasteiger partial charge on any atom is -0.493 e. The van der Waals surface area contributed by atoms with Crippen molar-refractivity contribution in [3.63, 3.8) is 0 Å². The first-order valence-electron chi connectivity index (χ1n) is 11.5. The zero-order valence-electron chi connectivity index (χ0n) is 19.1. The molecule has 0 unspecified atom stereocenters. The number of aromatic nitrogens is 3. The fourth-order valence-corrected chi connectivity index (χ4v) is 5.01. The number of pyridine rings is 1. The van der Waals surface area contributed by atoms with Gasteiger partial charge in [-0.1, -0.05) is 29.8 Å². The maximum absolute atomic E-state index is 14.2. The molecule has 0 radical (unpaired) electrons. The van der Waals surface area contributed by atoms with E-state index in [0.717, 1.165) is 11.3 Å². The van der Waals surface area contributed by atoms with E-state index in [1.54, 1.807) is 6.07 Å². The number of hydrogen-bond donors (Lipinski definition) is 2. The summed E-state index contributed by atoms with van der Waals surface area (Å²) < 4.78 is 46.8. The molecule has 11 heteroatoms. The number of carbonyl (C=O) groups is 1. The molecule has 2 atom stereocenters. The lowest BCUT2D eigenvalue weighted by molar-refractivity contribution is 0.0566. The van der Waals surface area contributed by atoms with E-state index < -0.39 is 24.3 Å². The third-order valence-corrected chi connectivity index (χ3v) is 6.84. The first-order valence-corrected chi connectivity index (χ1v) is 11.9. The normalized spacial score (nSPS) is 18.2. The van der Waals surface area contributed by atoms with Crippen molar-refractivity contribution in [2.75, 3.05) is 11.9 Å². The van der Waals surface area contributed by atoms with Gasteiger partial charge in [0.2, 0.25) is 0 Å². The number of benzene rings is 2. The third kappa shape index (κ3) is 4.17. The van der Waals surface area contributed by atoms with E-state index in [1.165, 1.54) is 30.6 Å². The number of halogens is 4. The molecule has 7 nitrogen and oxygen atoms in total. The molecule has 2 N–H and O–H groups in total. The van der Waals surface area contributed by atoms with Crippen LogP contribution in [0.5, 0.6) is 5.75 Å². The molecule has 4 heterocycles. The van der Waals surface area contributed by atoms with Gasteiger partial charge in [0, 0.05) is 45.6 Å². The predicted molar refractivity (Wildman–Crippen MR) is 130 cm³/mol. The third-order valence-electron chi connectivity index (χ3n) is 6.49. The van der Waals surface area contributed by atoms with Crippen LogP contribution >= 0.6 is 11.6 Å². The summed E-state index contributed by atoms with van der Waals surface area (Å²) in [5, 5.41) is 10.3. The highest BCUT2D eigenvalue weighted by atomic mass is 35.5.